The molecule has 0 saturated carbocycles. The lowest BCUT2D eigenvalue weighted by molar-refractivity contribution is -0.113. The molecular formula is C19H17ClN2OS. The molecule has 0 fully saturated rings. The Kier molecular flexibility index (Phi) is 4.69. The first-order valence-corrected chi connectivity index (χ1v) is 8.39. The quantitative estimate of drug-likeness (QED) is 0.810. The summed E-state index contributed by atoms with van der Waals surface area (Å²) in [6, 6.07) is 15.2. The molecule has 0 spiro atoms. The van der Waals surface area contributed by atoms with Crippen LogP contribution in [0.1, 0.15) is 29.7 Å². The van der Waals surface area contributed by atoms with E-state index in [0.29, 0.717) is 15.7 Å². The van der Waals surface area contributed by atoms with Gasteiger partial charge in [0.1, 0.15) is 0 Å². The molecule has 1 aliphatic heterocycles. The van der Waals surface area contributed by atoms with Crippen molar-refractivity contribution in [3.63, 3.8) is 0 Å². The first-order chi connectivity index (χ1) is 11.5. The van der Waals surface area contributed by atoms with Gasteiger partial charge in [-0.1, -0.05) is 53.6 Å². The minimum absolute atomic E-state index is 0.00646. The number of benzene rings is 2. The molecule has 3 rings (SSSR count). The van der Waals surface area contributed by atoms with Crippen molar-refractivity contribution in [1.29, 1.82) is 0 Å². The number of halogens is 1. The summed E-state index contributed by atoms with van der Waals surface area (Å²) in [5.74, 6) is -0.00646. The van der Waals surface area contributed by atoms with E-state index in [-0.39, 0.29) is 11.8 Å². The van der Waals surface area contributed by atoms with Crippen molar-refractivity contribution in [2.24, 2.45) is 0 Å². The number of ketones is 1. The molecule has 0 aromatic heterocycles. The van der Waals surface area contributed by atoms with Crippen LogP contribution in [0.15, 0.2) is 54.1 Å². The van der Waals surface area contributed by atoms with Crippen molar-refractivity contribution in [2.75, 3.05) is 0 Å². The Labute approximate surface area is 151 Å². The molecule has 1 aliphatic rings. The van der Waals surface area contributed by atoms with Crippen LogP contribution in [-0.4, -0.2) is 10.9 Å². The summed E-state index contributed by atoms with van der Waals surface area (Å²) in [6.45, 7) is 3.60. The average Bonchev–Trinajstić information content (AvgIpc) is 2.55. The highest BCUT2D eigenvalue weighted by atomic mass is 35.5. The highest BCUT2D eigenvalue weighted by Gasteiger charge is 2.30. The summed E-state index contributed by atoms with van der Waals surface area (Å²) >= 11 is 11.3. The van der Waals surface area contributed by atoms with E-state index in [1.165, 1.54) is 0 Å². The molecule has 0 amide bonds. The molecular weight excluding hydrogens is 340 g/mol. The second-order valence-corrected chi connectivity index (χ2v) is 6.64. The number of hydrogen-bond donors (Lipinski definition) is 2. The van der Waals surface area contributed by atoms with Crippen LogP contribution in [0.4, 0.5) is 0 Å². The van der Waals surface area contributed by atoms with Crippen molar-refractivity contribution in [1.82, 2.24) is 10.6 Å². The van der Waals surface area contributed by atoms with Crippen molar-refractivity contribution in [2.45, 2.75) is 19.9 Å². The predicted molar refractivity (Wildman–Crippen MR) is 102 cm³/mol. The second-order valence-electron chi connectivity index (χ2n) is 5.79. The van der Waals surface area contributed by atoms with Gasteiger partial charge >= 0.3 is 0 Å². The van der Waals surface area contributed by atoms with Crippen LogP contribution in [0.3, 0.4) is 0 Å². The number of hydrogen-bond acceptors (Lipinski definition) is 2. The van der Waals surface area contributed by atoms with Gasteiger partial charge in [0, 0.05) is 10.6 Å². The van der Waals surface area contributed by atoms with E-state index in [0.717, 1.165) is 22.4 Å². The molecule has 5 heteroatoms. The highest BCUT2D eigenvalue weighted by Crippen LogP contribution is 2.32. The zero-order valence-corrected chi connectivity index (χ0v) is 15.0. The highest BCUT2D eigenvalue weighted by molar-refractivity contribution is 7.80. The molecule has 2 N–H and O–H groups in total. The lowest BCUT2D eigenvalue weighted by Gasteiger charge is -2.31. The lowest BCUT2D eigenvalue weighted by atomic mass is 9.90. The molecule has 0 radical (unpaired) electrons. The molecule has 2 aromatic rings. The Balaban J connectivity index is 2.15. The fourth-order valence-electron chi connectivity index (χ4n) is 2.80. The number of carbonyl (C=O) groups is 1. The van der Waals surface area contributed by atoms with Crippen molar-refractivity contribution < 1.29 is 4.79 Å². The molecule has 0 unspecified atom stereocenters. The van der Waals surface area contributed by atoms with E-state index in [1.54, 1.807) is 6.92 Å². The van der Waals surface area contributed by atoms with Crippen LogP contribution in [-0.2, 0) is 4.79 Å². The Morgan fingerprint density at radius 1 is 1.08 bits per heavy atom. The molecule has 0 aliphatic carbocycles. The van der Waals surface area contributed by atoms with E-state index < -0.39 is 0 Å². The third-order valence-electron chi connectivity index (χ3n) is 3.99. The number of Topliss-reactive ketones (excluding diaryl/α,β-unsaturated/α-hetero) is 1. The lowest BCUT2D eigenvalue weighted by Crippen LogP contribution is -2.44. The van der Waals surface area contributed by atoms with Crippen LogP contribution in [0.2, 0.25) is 5.02 Å². The topological polar surface area (TPSA) is 41.1 Å². The van der Waals surface area contributed by atoms with Crippen LogP contribution in [0.5, 0.6) is 0 Å². The van der Waals surface area contributed by atoms with Crippen LogP contribution in [0.25, 0.3) is 5.70 Å². The van der Waals surface area contributed by atoms with E-state index in [2.05, 4.69) is 10.6 Å². The van der Waals surface area contributed by atoms with E-state index in [4.69, 9.17) is 23.8 Å². The standard InChI is InChI=1S/C19H17ClN2OS/c1-11-3-5-13(6-4-11)17-16(12(2)23)18(22-19(24)21-17)14-7-9-15(20)10-8-14/h3-10,18H,1-2H3,(H2,21,22,24)/t18-/m0/s1. The minimum atomic E-state index is -0.301. The van der Waals surface area contributed by atoms with Crippen LogP contribution < -0.4 is 10.6 Å². The maximum atomic E-state index is 12.4. The Morgan fingerprint density at radius 2 is 1.71 bits per heavy atom. The van der Waals surface area contributed by atoms with E-state index >= 15 is 0 Å². The molecule has 122 valence electrons. The van der Waals surface area contributed by atoms with Gasteiger partial charge in [-0.05, 0) is 49.3 Å². The molecule has 3 nitrogen and oxygen atoms in total. The summed E-state index contributed by atoms with van der Waals surface area (Å²) < 4.78 is 0. The van der Waals surface area contributed by atoms with Crippen molar-refractivity contribution in [3.8, 4) is 0 Å². The Bertz CT molecular complexity index is 825. The smallest absolute Gasteiger partial charge is 0.171 e. The van der Waals surface area contributed by atoms with Crippen LogP contribution in [0, 0.1) is 6.92 Å². The summed E-state index contributed by atoms with van der Waals surface area (Å²) in [6.07, 6.45) is 0. The summed E-state index contributed by atoms with van der Waals surface area (Å²) in [5, 5.41) is 7.49. The summed E-state index contributed by atoms with van der Waals surface area (Å²) in [4.78, 5) is 12.4. The molecule has 2 aromatic carbocycles. The van der Waals surface area contributed by atoms with Gasteiger partial charge in [0.05, 0.1) is 11.7 Å². The predicted octanol–water partition coefficient (Wildman–Crippen LogP) is 4.17. The van der Waals surface area contributed by atoms with Gasteiger partial charge in [-0.15, -0.1) is 0 Å². The summed E-state index contributed by atoms with van der Waals surface area (Å²) in [5.41, 5.74) is 4.46. The van der Waals surface area contributed by atoms with E-state index in [1.807, 2.05) is 55.5 Å². The van der Waals surface area contributed by atoms with Gasteiger partial charge in [-0.25, -0.2) is 0 Å². The number of aryl methyl sites for hydroxylation is 1. The molecule has 1 heterocycles. The summed E-state index contributed by atoms with van der Waals surface area (Å²) in [7, 11) is 0. The molecule has 1 atom stereocenters. The van der Waals surface area contributed by atoms with Gasteiger partial charge in [0.2, 0.25) is 0 Å². The Hall–Kier alpha value is -2.17. The maximum absolute atomic E-state index is 12.4. The zero-order valence-electron chi connectivity index (χ0n) is 13.4. The van der Waals surface area contributed by atoms with Crippen molar-refractivity contribution >= 4 is 40.4 Å². The monoisotopic (exact) mass is 356 g/mol. The first-order valence-electron chi connectivity index (χ1n) is 7.61. The largest absolute Gasteiger partial charge is 0.351 e. The van der Waals surface area contributed by atoms with Gasteiger partial charge in [0.25, 0.3) is 0 Å². The van der Waals surface area contributed by atoms with Gasteiger partial charge in [0.15, 0.2) is 10.9 Å². The minimum Gasteiger partial charge on any atom is -0.351 e. The molecule has 24 heavy (non-hydrogen) atoms. The van der Waals surface area contributed by atoms with E-state index in [9.17, 15) is 4.79 Å². The van der Waals surface area contributed by atoms with Gasteiger partial charge in [-0.3, -0.25) is 4.79 Å². The normalized spacial score (nSPS) is 17.3. The zero-order chi connectivity index (χ0) is 17.3. The number of nitrogens with one attached hydrogen (secondary N) is 2. The molecule has 0 saturated heterocycles. The first kappa shape index (κ1) is 16.7. The third kappa shape index (κ3) is 3.35. The average molecular weight is 357 g/mol. The third-order valence-corrected chi connectivity index (χ3v) is 4.47. The fourth-order valence-corrected chi connectivity index (χ4v) is 3.14. The number of thiocarbonyl (C=S) groups is 1. The maximum Gasteiger partial charge on any atom is 0.171 e. The van der Waals surface area contributed by atoms with Gasteiger partial charge < -0.3 is 10.6 Å². The number of carbonyl (C=O) groups excluding carboxylic acids is 1. The fraction of sp³-hybridized carbons (Fsp3) is 0.158. The number of rotatable bonds is 3. The van der Waals surface area contributed by atoms with Crippen LogP contribution >= 0.6 is 23.8 Å². The molecule has 0 bridgehead atoms. The Morgan fingerprint density at radius 3 is 2.29 bits per heavy atom. The van der Waals surface area contributed by atoms with Gasteiger partial charge in [-0.2, -0.15) is 0 Å². The second kappa shape index (κ2) is 6.75. The van der Waals surface area contributed by atoms with Crippen molar-refractivity contribution in [3.05, 3.63) is 75.8 Å². The SMILES string of the molecule is CC(=O)C1=C(c2ccc(C)cc2)NC(=S)N[C@H]1c1ccc(Cl)cc1.